The molecule has 2 aromatic carbocycles. The molecule has 0 aliphatic carbocycles. The maximum absolute atomic E-state index is 12.1. The first-order valence-corrected chi connectivity index (χ1v) is 9.00. The van der Waals surface area contributed by atoms with E-state index < -0.39 is 5.56 Å². The zero-order chi connectivity index (χ0) is 19.4. The molecule has 0 saturated carbocycles. The number of nitrogens with one attached hydrogen (secondary N) is 1. The topological polar surface area (TPSA) is 72.3 Å². The molecule has 0 atom stereocenters. The second kappa shape index (κ2) is 8.47. The van der Waals surface area contributed by atoms with Gasteiger partial charge in [0.15, 0.2) is 0 Å². The molecule has 0 radical (unpaired) electrons. The highest BCUT2D eigenvalue weighted by molar-refractivity contribution is 7.71. The van der Waals surface area contributed by atoms with Crippen molar-refractivity contribution in [1.29, 1.82) is 0 Å². The van der Waals surface area contributed by atoms with Crippen LogP contribution in [0.2, 0.25) is 10.0 Å². The number of aromatic amines is 1. The van der Waals surface area contributed by atoms with Crippen LogP contribution in [-0.4, -0.2) is 21.1 Å². The van der Waals surface area contributed by atoms with Gasteiger partial charge in [0.05, 0.1) is 6.21 Å². The summed E-state index contributed by atoms with van der Waals surface area (Å²) in [6, 6.07) is 12.5. The third-order valence-electron chi connectivity index (χ3n) is 3.58. The second-order valence-electron chi connectivity index (χ2n) is 5.58. The summed E-state index contributed by atoms with van der Waals surface area (Å²) in [6.07, 6.45) is 1.46. The van der Waals surface area contributed by atoms with Crippen molar-refractivity contribution in [3.63, 3.8) is 0 Å². The van der Waals surface area contributed by atoms with Crippen LogP contribution >= 0.6 is 35.4 Å². The third kappa shape index (κ3) is 4.82. The molecular formula is C18H14Cl2N4O2S. The number of hydrogen-bond donors (Lipinski definition) is 1. The Kier molecular flexibility index (Phi) is 6.05. The molecule has 0 bridgehead atoms. The fraction of sp³-hybridized carbons (Fsp3) is 0.111. The van der Waals surface area contributed by atoms with Gasteiger partial charge in [-0.05, 0) is 55.0 Å². The Hall–Kier alpha value is -2.48. The molecule has 0 aliphatic heterocycles. The molecule has 0 saturated heterocycles. The molecule has 0 amide bonds. The van der Waals surface area contributed by atoms with Crippen molar-refractivity contribution in [2.45, 2.75) is 13.5 Å². The van der Waals surface area contributed by atoms with Crippen LogP contribution in [0.15, 0.2) is 52.4 Å². The molecular weight excluding hydrogens is 407 g/mol. The molecule has 6 nitrogen and oxygen atoms in total. The van der Waals surface area contributed by atoms with E-state index in [4.69, 9.17) is 40.2 Å². The molecule has 1 aromatic heterocycles. The Morgan fingerprint density at radius 2 is 2.04 bits per heavy atom. The van der Waals surface area contributed by atoms with E-state index in [0.717, 1.165) is 10.2 Å². The molecule has 0 unspecified atom stereocenters. The fourth-order valence-corrected chi connectivity index (χ4v) is 2.81. The highest BCUT2D eigenvalue weighted by Gasteiger charge is 2.06. The summed E-state index contributed by atoms with van der Waals surface area (Å²) in [7, 11) is 0. The van der Waals surface area contributed by atoms with Crippen LogP contribution in [-0.2, 0) is 6.61 Å². The predicted octanol–water partition coefficient (Wildman–Crippen LogP) is 4.38. The first kappa shape index (κ1) is 19.3. The van der Waals surface area contributed by atoms with Crippen LogP contribution in [0.3, 0.4) is 0 Å². The van der Waals surface area contributed by atoms with Crippen molar-refractivity contribution in [3.8, 4) is 5.75 Å². The number of benzene rings is 2. The minimum absolute atomic E-state index is 0.0882. The molecule has 1 heterocycles. The summed E-state index contributed by atoms with van der Waals surface area (Å²) in [4.78, 5) is 12.1. The number of rotatable bonds is 5. The molecule has 3 rings (SSSR count). The van der Waals surface area contributed by atoms with E-state index in [0.29, 0.717) is 28.0 Å². The van der Waals surface area contributed by atoms with Gasteiger partial charge in [-0.1, -0.05) is 35.3 Å². The quantitative estimate of drug-likeness (QED) is 0.490. The first-order valence-electron chi connectivity index (χ1n) is 7.83. The summed E-state index contributed by atoms with van der Waals surface area (Å²) in [5.74, 6) is 0.553. The number of halogens is 2. The van der Waals surface area contributed by atoms with E-state index in [1.807, 2.05) is 18.2 Å². The average Bonchev–Trinajstić information content (AvgIpc) is 2.64. The van der Waals surface area contributed by atoms with E-state index in [-0.39, 0.29) is 10.5 Å². The van der Waals surface area contributed by atoms with Crippen molar-refractivity contribution in [2.24, 2.45) is 5.10 Å². The van der Waals surface area contributed by atoms with Crippen LogP contribution in [0.5, 0.6) is 5.75 Å². The maximum atomic E-state index is 12.1. The Bertz CT molecular complexity index is 1120. The zero-order valence-electron chi connectivity index (χ0n) is 14.1. The van der Waals surface area contributed by atoms with Crippen molar-refractivity contribution in [3.05, 3.63) is 84.5 Å². The Labute approximate surface area is 170 Å². The number of ether oxygens (including phenoxy) is 1. The lowest BCUT2D eigenvalue weighted by Gasteiger charge is -2.10. The number of aromatic nitrogens is 3. The number of hydrogen-bond acceptors (Lipinski definition) is 5. The average molecular weight is 421 g/mol. The van der Waals surface area contributed by atoms with Crippen LogP contribution in [0.25, 0.3) is 0 Å². The lowest BCUT2D eigenvalue weighted by molar-refractivity contribution is 0.306. The van der Waals surface area contributed by atoms with Gasteiger partial charge in [-0.15, -0.1) is 0 Å². The van der Waals surface area contributed by atoms with E-state index in [2.05, 4.69) is 15.3 Å². The van der Waals surface area contributed by atoms with Gasteiger partial charge < -0.3 is 4.74 Å². The van der Waals surface area contributed by atoms with Crippen molar-refractivity contribution >= 4 is 41.6 Å². The molecule has 0 spiro atoms. The van der Waals surface area contributed by atoms with Crippen molar-refractivity contribution < 1.29 is 4.74 Å². The lowest BCUT2D eigenvalue weighted by atomic mass is 10.2. The standard InChI is InChI=1S/C18H14Cl2N4O2S/c1-11-17(25)24(18(27)23-22-11)21-9-13-8-15(20)5-6-16(13)26-10-12-3-2-4-14(19)7-12/h2-9H,10H2,1H3,(H,23,27)/b21-9-. The summed E-state index contributed by atoms with van der Waals surface area (Å²) >= 11 is 17.1. The molecule has 3 aromatic rings. The summed E-state index contributed by atoms with van der Waals surface area (Å²) in [5.41, 5.74) is 1.37. The van der Waals surface area contributed by atoms with E-state index in [1.54, 1.807) is 31.2 Å². The van der Waals surface area contributed by atoms with E-state index in [1.165, 1.54) is 6.21 Å². The lowest BCUT2D eigenvalue weighted by Crippen LogP contribution is -2.22. The number of aryl methyl sites for hydroxylation is 1. The monoisotopic (exact) mass is 420 g/mol. The molecule has 9 heteroatoms. The number of nitrogens with zero attached hydrogens (tertiary/aromatic N) is 3. The Morgan fingerprint density at radius 1 is 1.26 bits per heavy atom. The van der Waals surface area contributed by atoms with Gasteiger partial charge in [-0.25, -0.2) is 0 Å². The predicted molar refractivity (Wildman–Crippen MR) is 109 cm³/mol. The van der Waals surface area contributed by atoms with Crippen LogP contribution < -0.4 is 10.3 Å². The van der Waals surface area contributed by atoms with Crippen molar-refractivity contribution in [1.82, 2.24) is 14.9 Å². The number of H-pyrrole nitrogens is 1. The fourth-order valence-electron chi connectivity index (χ4n) is 2.24. The van der Waals surface area contributed by atoms with Crippen LogP contribution in [0.4, 0.5) is 0 Å². The summed E-state index contributed by atoms with van der Waals surface area (Å²) in [6.45, 7) is 1.88. The molecule has 138 valence electrons. The van der Waals surface area contributed by atoms with Gasteiger partial charge >= 0.3 is 0 Å². The first-order chi connectivity index (χ1) is 12.9. The van der Waals surface area contributed by atoms with Crippen molar-refractivity contribution in [2.75, 3.05) is 0 Å². The van der Waals surface area contributed by atoms with Gasteiger partial charge in [0.2, 0.25) is 4.77 Å². The van der Waals surface area contributed by atoms with Crippen LogP contribution in [0, 0.1) is 11.7 Å². The highest BCUT2D eigenvalue weighted by Crippen LogP contribution is 2.23. The molecule has 0 aliphatic rings. The second-order valence-corrected chi connectivity index (χ2v) is 6.84. The van der Waals surface area contributed by atoms with Gasteiger partial charge in [-0.2, -0.15) is 14.9 Å². The van der Waals surface area contributed by atoms with E-state index >= 15 is 0 Å². The minimum Gasteiger partial charge on any atom is -0.488 e. The normalized spacial score (nSPS) is 11.1. The maximum Gasteiger partial charge on any atom is 0.296 e. The van der Waals surface area contributed by atoms with E-state index in [9.17, 15) is 4.79 Å². The Morgan fingerprint density at radius 3 is 2.81 bits per heavy atom. The van der Waals surface area contributed by atoms with Gasteiger partial charge in [0.1, 0.15) is 18.1 Å². The van der Waals surface area contributed by atoms with Crippen LogP contribution in [0.1, 0.15) is 16.8 Å². The SMILES string of the molecule is Cc1n[nH]c(=S)n(/N=C\c2cc(Cl)ccc2OCc2cccc(Cl)c2)c1=O. The minimum atomic E-state index is -0.404. The molecule has 0 fully saturated rings. The van der Waals surface area contributed by atoms with Gasteiger partial charge in [-0.3, -0.25) is 9.89 Å². The zero-order valence-corrected chi connectivity index (χ0v) is 16.5. The largest absolute Gasteiger partial charge is 0.488 e. The smallest absolute Gasteiger partial charge is 0.296 e. The summed E-state index contributed by atoms with van der Waals surface area (Å²) in [5, 5.41) is 11.7. The van der Waals surface area contributed by atoms with Gasteiger partial charge in [0.25, 0.3) is 5.56 Å². The third-order valence-corrected chi connectivity index (χ3v) is 4.32. The Balaban J connectivity index is 1.90. The molecule has 27 heavy (non-hydrogen) atoms. The molecule has 1 N–H and O–H groups in total. The highest BCUT2D eigenvalue weighted by atomic mass is 35.5. The summed E-state index contributed by atoms with van der Waals surface area (Å²) < 4.78 is 7.01. The van der Waals surface area contributed by atoms with Gasteiger partial charge in [0, 0.05) is 15.6 Å².